The summed E-state index contributed by atoms with van der Waals surface area (Å²) in [4.78, 5) is 31.1. The lowest BCUT2D eigenvalue weighted by Gasteiger charge is -2.21. The highest BCUT2D eigenvalue weighted by Gasteiger charge is 2.36. The summed E-state index contributed by atoms with van der Waals surface area (Å²) in [6, 6.07) is 140. The molecule has 1 aliphatic rings. The van der Waals surface area contributed by atoms with Crippen molar-refractivity contribution in [3.05, 3.63) is 405 Å². The normalized spacial score (nSPS) is 12.5. The van der Waals surface area contributed by atoms with E-state index in [2.05, 4.69) is 395 Å². The average molecular weight is 1530 g/mol. The van der Waals surface area contributed by atoms with Crippen LogP contribution in [0.3, 0.4) is 0 Å². The van der Waals surface area contributed by atoms with Gasteiger partial charge in [-0.3, -0.25) is 4.57 Å². The molecule has 24 aromatic rings. The minimum absolute atomic E-state index is 0.147. The molecule has 0 aliphatic heterocycles. The summed E-state index contributed by atoms with van der Waals surface area (Å²) in [6.07, 6.45) is 0. The summed E-state index contributed by atoms with van der Waals surface area (Å²) in [5.74, 6) is 3.73. The molecule has 0 bridgehead atoms. The minimum atomic E-state index is -0.147. The minimum Gasteiger partial charge on any atom is -0.309 e. The molecule has 7 aromatic heterocycles. The first-order valence-corrected chi connectivity index (χ1v) is 40.8. The highest BCUT2D eigenvalue weighted by molar-refractivity contribution is 6.21. The Balaban J connectivity index is 0.000000137. The second-order valence-electron chi connectivity index (χ2n) is 31.8. The van der Waals surface area contributed by atoms with Crippen molar-refractivity contribution in [3.8, 4) is 96.8 Å². The Bertz CT molecular complexity index is 8280. The van der Waals surface area contributed by atoms with Gasteiger partial charge in [-0.15, -0.1) is 0 Å². The highest BCUT2D eigenvalue weighted by Crippen LogP contribution is 2.50. The average Bonchev–Trinajstić information content (AvgIpc) is 1.56. The van der Waals surface area contributed by atoms with E-state index in [4.69, 9.17) is 29.9 Å². The van der Waals surface area contributed by atoms with Crippen molar-refractivity contribution in [2.75, 3.05) is 0 Å². The standard InChI is InChI=1S/C58H39N5.C51H32N6/c1-58(2)49-24-11-8-21-43(49)44-30-28-40(33-50(44)58)57-60-55(37-16-4-3-5-17-37)59-56(61-57)39-19-14-20-41(32-39)62-51-25-12-9-22-45(51)47-34-48-46-23-10-13-26-52(46)63(54(48)35-53(47)62)42-29-27-36-15-6-7-18-38(36)31-42;1-3-16-33(17-4-1)49-52-50(54-51(53-49)57-45-28-13-7-22-37(45)38-23-8-14-29-46(38)57)34-18-15-21-36(30-34)56-44-27-12-10-25-40(44)42-31-41-39-24-9-11-26-43(39)55(47(41)32-48(42)56)35-19-5-2-6-20-35/h3-35H,1-2H3;1-32H. The third-order valence-electron chi connectivity index (χ3n) is 24.6. The predicted octanol–water partition coefficient (Wildman–Crippen LogP) is 27.0. The van der Waals surface area contributed by atoms with Gasteiger partial charge >= 0.3 is 0 Å². The third kappa shape index (κ3) is 10.8. The highest BCUT2D eigenvalue weighted by atomic mass is 15.2. The largest absolute Gasteiger partial charge is 0.309 e. The zero-order valence-corrected chi connectivity index (χ0v) is 65.4. The van der Waals surface area contributed by atoms with Gasteiger partial charge in [0.05, 0.1) is 55.2 Å². The van der Waals surface area contributed by atoms with E-state index in [0.29, 0.717) is 35.1 Å². The maximum absolute atomic E-state index is 5.27. The van der Waals surface area contributed by atoms with Gasteiger partial charge in [0.25, 0.3) is 0 Å². The summed E-state index contributed by atoms with van der Waals surface area (Å²) < 4.78 is 11.8. The maximum atomic E-state index is 5.27. The van der Waals surface area contributed by atoms with E-state index >= 15 is 0 Å². The molecule has 1 aliphatic carbocycles. The third-order valence-corrected chi connectivity index (χ3v) is 24.6. The smallest absolute Gasteiger partial charge is 0.238 e. The molecular weight excluding hydrogens is 1460 g/mol. The van der Waals surface area contributed by atoms with Crippen LogP contribution in [0.2, 0.25) is 0 Å². The maximum Gasteiger partial charge on any atom is 0.238 e. The molecule has 120 heavy (non-hydrogen) atoms. The van der Waals surface area contributed by atoms with Crippen LogP contribution in [0.5, 0.6) is 0 Å². The van der Waals surface area contributed by atoms with Gasteiger partial charge < -0.3 is 18.3 Å². The van der Waals surface area contributed by atoms with Gasteiger partial charge in [0.15, 0.2) is 29.1 Å². The van der Waals surface area contributed by atoms with Gasteiger partial charge in [-0.1, -0.05) is 293 Å². The summed E-state index contributed by atoms with van der Waals surface area (Å²) in [7, 11) is 0. The van der Waals surface area contributed by atoms with Crippen LogP contribution in [0.25, 0.3) is 217 Å². The summed E-state index contributed by atoms with van der Waals surface area (Å²) >= 11 is 0. The molecule has 11 heteroatoms. The molecule has 17 aromatic carbocycles. The lowest BCUT2D eigenvalue weighted by atomic mass is 9.82. The first-order chi connectivity index (χ1) is 59.3. The molecule has 25 rings (SSSR count). The van der Waals surface area contributed by atoms with Crippen LogP contribution >= 0.6 is 0 Å². The Morgan fingerprint density at radius 1 is 0.183 bits per heavy atom. The van der Waals surface area contributed by atoms with Gasteiger partial charge in [0.2, 0.25) is 5.95 Å². The fourth-order valence-electron chi connectivity index (χ4n) is 19.1. The molecule has 0 N–H and O–H groups in total. The number of para-hydroxylation sites is 7. The van der Waals surface area contributed by atoms with Gasteiger partial charge in [-0.05, 0) is 148 Å². The van der Waals surface area contributed by atoms with E-state index in [-0.39, 0.29) is 5.41 Å². The van der Waals surface area contributed by atoms with Gasteiger partial charge in [-0.25, -0.2) is 19.9 Å². The number of rotatable bonds is 10. The molecule has 0 saturated heterocycles. The predicted molar refractivity (Wildman–Crippen MR) is 494 cm³/mol. The van der Waals surface area contributed by atoms with Crippen molar-refractivity contribution >= 4 is 120 Å². The van der Waals surface area contributed by atoms with Crippen molar-refractivity contribution in [2.24, 2.45) is 0 Å². The number of hydrogen-bond acceptors (Lipinski definition) is 6. The number of aromatic nitrogens is 11. The van der Waals surface area contributed by atoms with Gasteiger partial charge in [-0.2, -0.15) is 9.97 Å². The van der Waals surface area contributed by atoms with Crippen LogP contribution < -0.4 is 0 Å². The Morgan fingerprint density at radius 3 is 0.983 bits per heavy atom. The van der Waals surface area contributed by atoms with Crippen molar-refractivity contribution in [1.29, 1.82) is 0 Å². The molecule has 7 heterocycles. The van der Waals surface area contributed by atoms with E-state index in [1.54, 1.807) is 0 Å². The molecule has 562 valence electrons. The zero-order chi connectivity index (χ0) is 79.3. The molecule has 0 atom stereocenters. The van der Waals surface area contributed by atoms with E-state index in [1.807, 2.05) is 36.4 Å². The monoisotopic (exact) mass is 1530 g/mol. The van der Waals surface area contributed by atoms with Crippen LogP contribution in [0, 0.1) is 0 Å². The fourth-order valence-corrected chi connectivity index (χ4v) is 19.1. The van der Waals surface area contributed by atoms with E-state index in [9.17, 15) is 0 Å². The summed E-state index contributed by atoms with van der Waals surface area (Å²) in [5, 5.41) is 14.5. The Morgan fingerprint density at radius 2 is 0.508 bits per heavy atom. The molecule has 0 amide bonds. The number of benzene rings is 17. The Kier molecular flexibility index (Phi) is 15.4. The van der Waals surface area contributed by atoms with Crippen molar-refractivity contribution < 1.29 is 0 Å². The van der Waals surface area contributed by atoms with Gasteiger partial charge in [0, 0.05) is 110 Å². The molecule has 0 radical (unpaired) electrons. The first-order valence-electron chi connectivity index (χ1n) is 40.8. The van der Waals surface area contributed by atoms with Crippen LogP contribution in [-0.2, 0) is 5.41 Å². The van der Waals surface area contributed by atoms with Crippen LogP contribution in [-0.4, -0.2) is 52.7 Å². The second kappa shape index (κ2) is 27.1. The molecule has 0 spiro atoms. The summed E-state index contributed by atoms with van der Waals surface area (Å²) in [5.41, 5.74) is 25.4. The lowest BCUT2D eigenvalue weighted by Crippen LogP contribution is -2.15. The Hall–Kier alpha value is -16.0. The van der Waals surface area contributed by atoms with E-state index in [0.717, 1.165) is 105 Å². The van der Waals surface area contributed by atoms with E-state index in [1.165, 1.54) is 87.1 Å². The van der Waals surface area contributed by atoms with Crippen molar-refractivity contribution in [3.63, 3.8) is 0 Å². The summed E-state index contributed by atoms with van der Waals surface area (Å²) in [6.45, 7) is 4.62. The quantitative estimate of drug-likeness (QED) is 0.135. The van der Waals surface area contributed by atoms with Crippen LogP contribution in [0.4, 0.5) is 0 Å². The number of nitrogens with zero attached hydrogens (tertiary/aromatic N) is 11. The van der Waals surface area contributed by atoms with E-state index < -0.39 is 0 Å². The van der Waals surface area contributed by atoms with Crippen LogP contribution in [0.15, 0.2) is 394 Å². The topological polar surface area (TPSA) is 102 Å². The lowest BCUT2D eigenvalue weighted by molar-refractivity contribution is 0.660. The zero-order valence-electron chi connectivity index (χ0n) is 65.4. The molecule has 0 unspecified atom stereocenters. The fraction of sp³-hybridized carbons (Fsp3) is 0.0275. The number of hydrogen-bond donors (Lipinski definition) is 0. The van der Waals surface area contributed by atoms with Crippen molar-refractivity contribution in [1.82, 2.24) is 52.7 Å². The molecular formula is C109H71N11. The molecule has 0 fully saturated rings. The van der Waals surface area contributed by atoms with Crippen LogP contribution in [0.1, 0.15) is 25.0 Å². The first kappa shape index (κ1) is 68.4. The SMILES string of the molecule is CC1(C)c2ccccc2-c2ccc(-c3nc(-c4ccccc4)nc(-c4cccc(-n5c6ccccc6c6cc7c8ccccc8n(-c8ccc9ccccc9c8)c7cc65)c4)n3)cc21.c1ccc(-c2nc(-c3cccc(-n4c5ccccc5c5cc6c7ccccc7n(-c7ccccc7)c6cc54)c3)nc(-n3c4ccccc4c4ccccc43)n2)cc1. The second-order valence-corrected chi connectivity index (χ2v) is 31.8. The molecule has 0 saturated carbocycles. The molecule has 11 nitrogen and oxygen atoms in total. The van der Waals surface area contributed by atoms with Gasteiger partial charge in [0.1, 0.15) is 0 Å². The Labute approximate surface area is 689 Å². The van der Waals surface area contributed by atoms with Crippen molar-refractivity contribution in [2.45, 2.75) is 19.3 Å². The number of fused-ring (bicyclic) bond motifs is 19.